The van der Waals surface area contributed by atoms with Crippen molar-refractivity contribution in [2.24, 2.45) is 0 Å². The average molecular weight is 201 g/mol. The first kappa shape index (κ1) is 9.69. The van der Waals surface area contributed by atoms with Gasteiger partial charge in [-0.05, 0) is 13.6 Å². The van der Waals surface area contributed by atoms with E-state index in [9.17, 15) is 4.79 Å². The van der Waals surface area contributed by atoms with Gasteiger partial charge in [-0.15, -0.1) is 19.9 Å². The maximum atomic E-state index is 11.5. The number of nitrogens with zero attached hydrogens (tertiary/aromatic N) is 1. The number of thiazole rings is 1. The highest BCUT2D eigenvalue weighted by molar-refractivity contribution is 7.35. The fourth-order valence-electron chi connectivity index (χ4n) is 0.972. The molecule has 1 unspecified atom stereocenters. The summed E-state index contributed by atoms with van der Waals surface area (Å²) in [5, 5.41) is 0. The first-order valence-corrected chi connectivity index (χ1v) is 6.22. The molecule has 0 spiro atoms. The van der Waals surface area contributed by atoms with Gasteiger partial charge in [-0.2, -0.15) is 0 Å². The van der Waals surface area contributed by atoms with E-state index in [1.807, 2.05) is 13.0 Å². The van der Waals surface area contributed by atoms with Crippen LogP contribution in [0.1, 0.15) is 6.92 Å². The molecule has 12 heavy (non-hydrogen) atoms. The molecule has 0 bridgehead atoms. The fourth-order valence-corrected chi connectivity index (χ4v) is 2.56. The molecule has 4 heteroatoms. The van der Waals surface area contributed by atoms with Crippen molar-refractivity contribution in [1.29, 1.82) is 0 Å². The predicted octanol–water partition coefficient (Wildman–Crippen LogP) is 0.386. The van der Waals surface area contributed by atoms with E-state index >= 15 is 0 Å². The standard InChI is InChI=1S/C8H12NOPS/c1-4-7-8(10)9(5-11-3)6(2)12-7/h4,11H,2,5H2,1,3H3/b7-4-. The van der Waals surface area contributed by atoms with Crippen LogP contribution in [-0.2, 0) is 6.29 Å². The van der Waals surface area contributed by atoms with E-state index in [4.69, 9.17) is 0 Å². The van der Waals surface area contributed by atoms with Crippen LogP contribution in [0, 0.1) is 0 Å². The Bertz CT molecular complexity index is 417. The Morgan fingerprint density at radius 3 is 2.83 bits per heavy atom. The second-order valence-corrected chi connectivity index (χ2v) is 4.53. The van der Waals surface area contributed by atoms with Gasteiger partial charge in [-0.1, -0.05) is 12.7 Å². The van der Waals surface area contributed by atoms with E-state index in [2.05, 4.69) is 13.2 Å². The minimum absolute atomic E-state index is 0.113. The minimum atomic E-state index is 0.113. The molecule has 0 aliphatic carbocycles. The molecular formula is C8H12NOPS. The third kappa shape index (κ3) is 1.67. The zero-order valence-electron chi connectivity index (χ0n) is 7.26. The van der Waals surface area contributed by atoms with E-state index in [0.717, 1.165) is 24.1 Å². The normalized spacial score (nSPS) is 13.3. The molecule has 0 amide bonds. The SMILES string of the molecule is C=c1s/c(=C\C)c(=O)n1CPC. The zero-order chi connectivity index (χ0) is 9.14. The Morgan fingerprint density at radius 2 is 2.42 bits per heavy atom. The summed E-state index contributed by atoms with van der Waals surface area (Å²) in [6.45, 7) is 7.80. The average Bonchev–Trinajstić information content (AvgIpc) is 2.32. The number of hydrogen-bond donors (Lipinski definition) is 0. The summed E-state index contributed by atoms with van der Waals surface area (Å²) in [5.74, 6) is 0. The molecule has 1 aromatic rings. The molecule has 0 radical (unpaired) electrons. The van der Waals surface area contributed by atoms with Crippen molar-refractivity contribution < 1.29 is 0 Å². The smallest absolute Gasteiger partial charge is 0.268 e. The van der Waals surface area contributed by atoms with Crippen molar-refractivity contribution in [3.05, 3.63) is 19.5 Å². The van der Waals surface area contributed by atoms with Crippen LogP contribution in [-0.4, -0.2) is 11.2 Å². The van der Waals surface area contributed by atoms with Gasteiger partial charge in [0.15, 0.2) is 0 Å². The van der Waals surface area contributed by atoms with Gasteiger partial charge < -0.3 is 0 Å². The van der Waals surface area contributed by atoms with E-state index in [1.165, 1.54) is 11.3 Å². The molecule has 1 rings (SSSR count). The third-order valence-electron chi connectivity index (χ3n) is 1.56. The first-order chi connectivity index (χ1) is 5.70. The lowest BCUT2D eigenvalue weighted by molar-refractivity contribution is 0.834. The van der Waals surface area contributed by atoms with Crippen molar-refractivity contribution in [2.75, 3.05) is 6.66 Å². The van der Waals surface area contributed by atoms with E-state index < -0.39 is 0 Å². The monoisotopic (exact) mass is 201 g/mol. The van der Waals surface area contributed by atoms with Gasteiger partial charge in [0.2, 0.25) is 0 Å². The Kier molecular flexibility index (Phi) is 3.24. The van der Waals surface area contributed by atoms with E-state index in [0.29, 0.717) is 0 Å². The summed E-state index contributed by atoms with van der Waals surface area (Å²) >= 11 is 1.47. The third-order valence-corrected chi connectivity index (χ3v) is 3.28. The Labute approximate surface area is 77.0 Å². The lowest BCUT2D eigenvalue weighted by Crippen LogP contribution is -2.29. The molecule has 0 aromatic carbocycles. The molecule has 2 nitrogen and oxygen atoms in total. The van der Waals surface area contributed by atoms with Gasteiger partial charge in [-0.25, -0.2) is 0 Å². The van der Waals surface area contributed by atoms with Gasteiger partial charge in [0.05, 0.1) is 9.20 Å². The quantitative estimate of drug-likeness (QED) is 0.634. The maximum Gasteiger partial charge on any atom is 0.268 e. The molecule has 0 fully saturated rings. The van der Waals surface area contributed by atoms with Gasteiger partial charge in [0.1, 0.15) is 0 Å². The number of rotatable bonds is 2. The summed E-state index contributed by atoms with van der Waals surface area (Å²) in [6, 6.07) is 0. The molecular weight excluding hydrogens is 189 g/mol. The van der Waals surface area contributed by atoms with Crippen molar-refractivity contribution >= 4 is 32.6 Å². The summed E-state index contributed by atoms with van der Waals surface area (Å²) in [7, 11) is 0.758. The first-order valence-electron chi connectivity index (χ1n) is 3.70. The zero-order valence-corrected chi connectivity index (χ0v) is 9.07. The van der Waals surface area contributed by atoms with Crippen LogP contribution in [0.15, 0.2) is 4.79 Å². The molecule has 1 atom stereocenters. The second kappa shape index (κ2) is 4.01. The lowest BCUT2D eigenvalue weighted by atomic mass is 10.6. The number of aromatic nitrogens is 1. The van der Waals surface area contributed by atoms with Crippen LogP contribution < -0.4 is 14.8 Å². The molecule has 0 saturated heterocycles. The highest BCUT2D eigenvalue weighted by Gasteiger charge is 1.99. The van der Waals surface area contributed by atoms with E-state index in [1.54, 1.807) is 4.57 Å². The van der Waals surface area contributed by atoms with Crippen LogP contribution in [0.25, 0.3) is 12.7 Å². The topological polar surface area (TPSA) is 22.0 Å². The summed E-state index contributed by atoms with van der Waals surface area (Å²) < 4.78 is 3.42. The minimum Gasteiger partial charge on any atom is -0.295 e. The van der Waals surface area contributed by atoms with Crippen LogP contribution in [0.3, 0.4) is 0 Å². The summed E-state index contributed by atoms with van der Waals surface area (Å²) in [6.07, 6.45) is 2.65. The highest BCUT2D eigenvalue weighted by atomic mass is 32.1. The summed E-state index contributed by atoms with van der Waals surface area (Å²) in [5.41, 5.74) is 0.113. The molecule has 0 aliphatic heterocycles. The van der Waals surface area contributed by atoms with Crippen molar-refractivity contribution in [2.45, 2.75) is 13.2 Å². The fraction of sp³-hybridized carbons (Fsp3) is 0.375. The predicted molar refractivity (Wildman–Crippen MR) is 57.7 cm³/mol. The van der Waals surface area contributed by atoms with Crippen LogP contribution >= 0.6 is 19.9 Å². The van der Waals surface area contributed by atoms with Gasteiger partial charge in [0.25, 0.3) is 5.56 Å². The lowest BCUT2D eigenvalue weighted by Gasteiger charge is -1.95. The molecule has 0 saturated carbocycles. The largest absolute Gasteiger partial charge is 0.295 e. The van der Waals surface area contributed by atoms with Crippen molar-refractivity contribution in [3.63, 3.8) is 0 Å². The highest BCUT2D eigenvalue weighted by Crippen LogP contribution is 2.01. The van der Waals surface area contributed by atoms with E-state index in [-0.39, 0.29) is 5.56 Å². The number of hydrogen-bond acceptors (Lipinski definition) is 2. The molecule has 1 aromatic heterocycles. The molecule has 0 N–H and O–H groups in total. The summed E-state index contributed by atoms with van der Waals surface area (Å²) in [4.78, 5) is 11.5. The molecule has 1 heterocycles. The van der Waals surface area contributed by atoms with Crippen LogP contribution in [0.4, 0.5) is 0 Å². The van der Waals surface area contributed by atoms with Gasteiger partial charge in [-0.3, -0.25) is 9.36 Å². The van der Waals surface area contributed by atoms with Gasteiger partial charge >= 0.3 is 0 Å². The van der Waals surface area contributed by atoms with Crippen molar-refractivity contribution in [3.8, 4) is 0 Å². The molecule has 0 aliphatic rings. The van der Waals surface area contributed by atoms with Crippen LogP contribution in [0.2, 0.25) is 0 Å². The Balaban J connectivity index is 3.40. The Hall–Kier alpha value is -0.400. The van der Waals surface area contributed by atoms with Crippen molar-refractivity contribution in [1.82, 2.24) is 4.57 Å². The van der Waals surface area contributed by atoms with Crippen LogP contribution in [0.5, 0.6) is 0 Å². The molecule has 66 valence electrons. The Morgan fingerprint density at radius 1 is 1.75 bits per heavy atom. The maximum absolute atomic E-state index is 11.5. The second-order valence-electron chi connectivity index (χ2n) is 2.39. The van der Waals surface area contributed by atoms with Gasteiger partial charge in [0, 0.05) is 6.29 Å².